The highest BCUT2D eigenvalue weighted by Gasteiger charge is 2.23. The molecule has 0 radical (unpaired) electrons. The van der Waals surface area contributed by atoms with E-state index in [2.05, 4.69) is 17.4 Å². The molecule has 148 valence electrons. The summed E-state index contributed by atoms with van der Waals surface area (Å²) in [6.45, 7) is 1.14. The molecule has 3 aromatic rings. The number of phenolic OH excluding ortho intramolecular Hbond substituents is 1. The summed E-state index contributed by atoms with van der Waals surface area (Å²) in [6.07, 6.45) is 1.15. The van der Waals surface area contributed by atoms with Crippen LogP contribution in [-0.2, 0) is 16.0 Å². The minimum Gasteiger partial charge on any atom is -0.508 e. The fraction of sp³-hybridized carbons (Fsp3) is 0.240. The summed E-state index contributed by atoms with van der Waals surface area (Å²) in [6, 6.07) is 25.3. The van der Waals surface area contributed by atoms with E-state index in [9.17, 15) is 9.90 Å². The average Bonchev–Trinajstić information content (AvgIpc) is 2.77. The number of hydrogen-bond donors (Lipinski definition) is 2. The normalized spacial score (nSPS) is 16.6. The smallest absolute Gasteiger partial charge is 0.221 e. The van der Waals surface area contributed by atoms with Gasteiger partial charge in [-0.1, -0.05) is 66.7 Å². The molecule has 4 heteroatoms. The van der Waals surface area contributed by atoms with Gasteiger partial charge in [-0.25, -0.2) is 0 Å². The fourth-order valence-electron chi connectivity index (χ4n) is 3.93. The Morgan fingerprint density at radius 2 is 1.66 bits per heavy atom. The molecule has 0 saturated heterocycles. The molecular weight excluding hydrogens is 362 g/mol. The number of carbonyl (C=O) groups excluding carboxylic acids is 1. The number of phenols is 1. The lowest BCUT2D eigenvalue weighted by Gasteiger charge is -2.26. The number of amides is 1. The average molecular weight is 387 g/mol. The SMILES string of the molecule is O=C(C[C@H](c1ccccc1)c1ccc(O)cc1)NC[C@H]1OCCc2ccccc21. The second-order valence-corrected chi connectivity index (χ2v) is 7.37. The van der Waals surface area contributed by atoms with Crippen molar-refractivity contribution in [3.63, 3.8) is 0 Å². The van der Waals surface area contributed by atoms with Gasteiger partial charge < -0.3 is 15.2 Å². The maximum absolute atomic E-state index is 12.8. The van der Waals surface area contributed by atoms with Crippen LogP contribution in [0, 0.1) is 0 Å². The molecule has 0 unspecified atom stereocenters. The maximum atomic E-state index is 12.8. The van der Waals surface area contributed by atoms with Gasteiger partial charge in [-0.05, 0) is 40.8 Å². The first kappa shape index (κ1) is 19.2. The van der Waals surface area contributed by atoms with Crippen molar-refractivity contribution < 1.29 is 14.6 Å². The van der Waals surface area contributed by atoms with Crippen LogP contribution in [-0.4, -0.2) is 24.2 Å². The van der Waals surface area contributed by atoms with Crippen LogP contribution in [0.25, 0.3) is 0 Å². The molecule has 0 aliphatic carbocycles. The Morgan fingerprint density at radius 3 is 2.45 bits per heavy atom. The van der Waals surface area contributed by atoms with Gasteiger partial charge >= 0.3 is 0 Å². The second kappa shape index (κ2) is 8.93. The first-order valence-electron chi connectivity index (χ1n) is 10.0. The van der Waals surface area contributed by atoms with Crippen molar-refractivity contribution in [2.45, 2.75) is 24.9 Å². The van der Waals surface area contributed by atoms with Crippen LogP contribution in [0.1, 0.15) is 40.7 Å². The van der Waals surface area contributed by atoms with Gasteiger partial charge in [0, 0.05) is 18.9 Å². The quantitative estimate of drug-likeness (QED) is 0.661. The molecule has 2 N–H and O–H groups in total. The van der Waals surface area contributed by atoms with E-state index in [0.717, 1.165) is 23.1 Å². The summed E-state index contributed by atoms with van der Waals surface area (Å²) in [5.41, 5.74) is 4.54. The molecular formula is C25H25NO3. The Hall–Kier alpha value is -3.11. The number of rotatable bonds is 6. The number of nitrogens with one attached hydrogen (secondary N) is 1. The largest absolute Gasteiger partial charge is 0.508 e. The third-order valence-electron chi connectivity index (χ3n) is 5.46. The molecule has 29 heavy (non-hydrogen) atoms. The molecule has 0 aromatic heterocycles. The molecule has 1 heterocycles. The molecule has 0 spiro atoms. The predicted molar refractivity (Wildman–Crippen MR) is 113 cm³/mol. The van der Waals surface area contributed by atoms with E-state index in [1.54, 1.807) is 12.1 Å². The van der Waals surface area contributed by atoms with Gasteiger partial charge in [0.25, 0.3) is 0 Å². The van der Waals surface area contributed by atoms with E-state index in [-0.39, 0.29) is 23.7 Å². The zero-order chi connectivity index (χ0) is 20.1. The standard InChI is InChI=1S/C25H25NO3/c27-21-12-10-20(11-13-21)23(18-6-2-1-3-7-18)16-25(28)26-17-24-22-9-5-4-8-19(22)14-15-29-24/h1-13,23-24,27H,14-17H2,(H,26,28)/t23-,24-/m1/s1. The van der Waals surface area contributed by atoms with E-state index in [1.165, 1.54) is 5.56 Å². The topological polar surface area (TPSA) is 58.6 Å². The van der Waals surface area contributed by atoms with E-state index in [1.807, 2.05) is 54.6 Å². The van der Waals surface area contributed by atoms with Gasteiger partial charge in [0.2, 0.25) is 5.91 Å². The van der Waals surface area contributed by atoms with Gasteiger partial charge in [-0.15, -0.1) is 0 Å². The minimum absolute atomic E-state index is 0.0152. The molecule has 3 aromatic carbocycles. The van der Waals surface area contributed by atoms with Gasteiger partial charge in [-0.2, -0.15) is 0 Å². The Labute approximate surface area is 171 Å². The summed E-state index contributed by atoms with van der Waals surface area (Å²) < 4.78 is 5.90. The Balaban J connectivity index is 1.46. The van der Waals surface area contributed by atoms with Crippen molar-refractivity contribution in [3.8, 4) is 5.75 Å². The number of benzene rings is 3. The molecule has 2 atom stereocenters. The van der Waals surface area contributed by atoms with Gasteiger partial charge in [-0.3, -0.25) is 4.79 Å². The van der Waals surface area contributed by atoms with E-state index >= 15 is 0 Å². The van der Waals surface area contributed by atoms with Crippen LogP contribution in [0.4, 0.5) is 0 Å². The molecule has 4 nitrogen and oxygen atoms in total. The summed E-state index contributed by atoms with van der Waals surface area (Å²) in [5, 5.41) is 12.7. The zero-order valence-electron chi connectivity index (χ0n) is 16.3. The summed E-state index contributed by atoms with van der Waals surface area (Å²) in [4.78, 5) is 12.8. The number of ether oxygens (including phenoxy) is 1. The Kier molecular flexibility index (Phi) is 5.92. The maximum Gasteiger partial charge on any atom is 0.221 e. The first-order chi connectivity index (χ1) is 14.2. The summed E-state index contributed by atoms with van der Waals surface area (Å²) >= 11 is 0. The molecule has 1 amide bonds. The van der Waals surface area contributed by atoms with Crippen molar-refractivity contribution in [1.29, 1.82) is 0 Å². The van der Waals surface area contributed by atoms with Gasteiger partial charge in [0.1, 0.15) is 11.9 Å². The first-order valence-corrected chi connectivity index (χ1v) is 10.0. The third-order valence-corrected chi connectivity index (χ3v) is 5.46. The van der Waals surface area contributed by atoms with Crippen LogP contribution in [0.3, 0.4) is 0 Å². The second-order valence-electron chi connectivity index (χ2n) is 7.37. The molecule has 0 saturated carbocycles. The van der Waals surface area contributed by atoms with Crippen molar-refractivity contribution in [2.75, 3.05) is 13.2 Å². The zero-order valence-corrected chi connectivity index (χ0v) is 16.3. The van der Waals surface area contributed by atoms with Crippen LogP contribution in [0.15, 0.2) is 78.9 Å². The van der Waals surface area contributed by atoms with Crippen molar-refractivity contribution in [3.05, 3.63) is 101 Å². The van der Waals surface area contributed by atoms with Crippen molar-refractivity contribution >= 4 is 5.91 Å². The molecule has 1 aliphatic heterocycles. The van der Waals surface area contributed by atoms with Gasteiger partial charge in [0.15, 0.2) is 0 Å². The van der Waals surface area contributed by atoms with Crippen LogP contribution in [0.5, 0.6) is 5.75 Å². The van der Waals surface area contributed by atoms with Crippen molar-refractivity contribution in [2.24, 2.45) is 0 Å². The van der Waals surface area contributed by atoms with E-state index in [0.29, 0.717) is 19.6 Å². The molecule has 0 fully saturated rings. The highest BCUT2D eigenvalue weighted by atomic mass is 16.5. The third kappa shape index (κ3) is 4.66. The number of aromatic hydroxyl groups is 1. The monoisotopic (exact) mass is 387 g/mol. The van der Waals surface area contributed by atoms with E-state index in [4.69, 9.17) is 4.74 Å². The lowest BCUT2D eigenvalue weighted by Crippen LogP contribution is -2.32. The minimum atomic E-state index is -0.104. The van der Waals surface area contributed by atoms with E-state index < -0.39 is 0 Å². The summed E-state index contributed by atoms with van der Waals surface area (Å²) in [5.74, 6) is 0.132. The van der Waals surface area contributed by atoms with Crippen LogP contribution >= 0.6 is 0 Å². The predicted octanol–water partition coefficient (Wildman–Crippen LogP) is 4.34. The fourth-order valence-corrected chi connectivity index (χ4v) is 3.93. The Morgan fingerprint density at radius 1 is 0.966 bits per heavy atom. The highest BCUT2D eigenvalue weighted by Crippen LogP contribution is 2.30. The number of fused-ring (bicyclic) bond motifs is 1. The Bertz CT molecular complexity index is 953. The molecule has 0 bridgehead atoms. The number of carbonyl (C=O) groups is 1. The lowest BCUT2D eigenvalue weighted by atomic mass is 9.88. The summed E-state index contributed by atoms with van der Waals surface area (Å²) in [7, 11) is 0. The molecule has 4 rings (SSSR count). The van der Waals surface area contributed by atoms with Crippen LogP contribution in [0.2, 0.25) is 0 Å². The molecule has 1 aliphatic rings. The highest BCUT2D eigenvalue weighted by molar-refractivity contribution is 5.77. The van der Waals surface area contributed by atoms with Gasteiger partial charge in [0.05, 0.1) is 6.61 Å². The van der Waals surface area contributed by atoms with Crippen molar-refractivity contribution in [1.82, 2.24) is 5.32 Å². The number of hydrogen-bond acceptors (Lipinski definition) is 3. The van der Waals surface area contributed by atoms with Crippen LogP contribution < -0.4 is 5.32 Å². The lowest BCUT2D eigenvalue weighted by molar-refractivity contribution is -0.122.